The molecule has 0 aromatic heterocycles. The Labute approximate surface area is 206 Å². The highest BCUT2D eigenvalue weighted by Crippen LogP contribution is 2.29. The van der Waals surface area contributed by atoms with Crippen LogP contribution in [-0.4, -0.2) is 52.8 Å². The van der Waals surface area contributed by atoms with Crippen LogP contribution in [0.4, 0.5) is 4.79 Å². The second-order valence-corrected chi connectivity index (χ2v) is 10.3. The van der Waals surface area contributed by atoms with Gasteiger partial charge in [-0.25, -0.2) is 4.79 Å². The van der Waals surface area contributed by atoms with Crippen molar-refractivity contribution in [2.75, 3.05) is 6.54 Å². The van der Waals surface area contributed by atoms with E-state index in [4.69, 9.17) is 9.84 Å². The molecule has 2 amide bonds. The zero-order valence-electron chi connectivity index (χ0n) is 20.8. The average Bonchev–Trinajstić information content (AvgIpc) is 2.74. The Hall–Kier alpha value is -3.23. The minimum Gasteiger partial charge on any atom is -0.481 e. The highest BCUT2D eigenvalue weighted by Gasteiger charge is 2.37. The quantitative estimate of drug-likeness (QED) is 0.460. The molecule has 0 aliphatic heterocycles. The highest BCUT2D eigenvalue weighted by atomic mass is 16.6. The summed E-state index contributed by atoms with van der Waals surface area (Å²) in [6, 6.07) is 8.42. The lowest BCUT2D eigenvalue weighted by molar-refractivity contribution is -0.143. The van der Waals surface area contributed by atoms with Crippen molar-refractivity contribution in [1.29, 1.82) is 0 Å². The van der Waals surface area contributed by atoms with Crippen LogP contribution in [0.3, 0.4) is 0 Å². The predicted octanol–water partition coefficient (Wildman–Crippen LogP) is 2.90. The molecule has 35 heavy (non-hydrogen) atoms. The maximum absolute atomic E-state index is 13.2. The summed E-state index contributed by atoms with van der Waals surface area (Å²) in [5, 5.41) is 14.3. The van der Waals surface area contributed by atoms with E-state index in [0.717, 1.165) is 5.56 Å². The van der Waals surface area contributed by atoms with E-state index in [-0.39, 0.29) is 43.3 Å². The number of amides is 2. The fraction of sp³-hybridized carbons (Fsp3) is 0.577. The van der Waals surface area contributed by atoms with Gasteiger partial charge in [-0.1, -0.05) is 37.3 Å². The number of aliphatic carboxylic acids is 1. The topological polar surface area (TPSA) is 139 Å². The number of benzene rings is 1. The molecular formula is C26H36N2O7. The average molecular weight is 489 g/mol. The molecule has 0 bridgehead atoms. The van der Waals surface area contributed by atoms with Crippen LogP contribution in [0.1, 0.15) is 58.9 Å². The number of hydrogen-bond acceptors (Lipinski definition) is 6. The number of carbonyl (C=O) groups excluding carboxylic acids is 4. The minimum atomic E-state index is -1.05. The van der Waals surface area contributed by atoms with Crippen LogP contribution in [-0.2, 0) is 30.3 Å². The maximum Gasteiger partial charge on any atom is 0.408 e. The van der Waals surface area contributed by atoms with Crippen molar-refractivity contribution in [2.45, 2.75) is 71.4 Å². The summed E-state index contributed by atoms with van der Waals surface area (Å²) >= 11 is 0. The van der Waals surface area contributed by atoms with Gasteiger partial charge in [0, 0.05) is 18.3 Å². The van der Waals surface area contributed by atoms with Gasteiger partial charge in [0.15, 0.2) is 11.6 Å². The van der Waals surface area contributed by atoms with Crippen LogP contribution in [0.15, 0.2) is 30.3 Å². The van der Waals surface area contributed by atoms with E-state index in [0.29, 0.717) is 12.8 Å². The Kier molecular flexibility index (Phi) is 9.98. The van der Waals surface area contributed by atoms with Gasteiger partial charge in [-0.15, -0.1) is 0 Å². The molecule has 0 saturated heterocycles. The van der Waals surface area contributed by atoms with Gasteiger partial charge in [0.05, 0.1) is 19.0 Å². The van der Waals surface area contributed by atoms with Crippen molar-refractivity contribution >= 4 is 29.5 Å². The molecule has 1 fully saturated rings. The van der Waals surface area contributed by atoms with E-state index in [1.807, 2.05) is 37.3 Å². The van der Waals surface area contributed by atoms with Gasteiger partial charge in [0.25, 0.3) is 0 Å². The Bertz CT molecular complexity index is 923. The monoisotopic (exact) mass is 488 g/mol. The summed E-state index contributed by atoms with van der Waals surface area (Å²) in [5.74, 6) is -3.44. The SMILES string of the molecule is CC1CC(CC(=O)O)C(=O)C(NC(=O)C(CC(=O)CNC(=O)OC(C)(C)C)Cc2ccccc2)C1. The summed E-state index contributed by atoms with van der Waals surface area (Å²) in [6.45, 7) is 6.77. The van der Waals surface area contributed by atoms with Gasteiger partial charge in [-0.3, -0.25) is 19.2 Å². The lowest BCUT2D eigenvalue weighted by atomic mass is 9.76. The van der Waals surface area contributed by atoms with Gasteiger partial charge < -0.3 is 20.5 Å². The van der Waals surface area contributed by atoms with Crippen molar-refractivity contribution in [2.24, 2.45) is 17.8 Å². The van der Waals surface area contributed by atoms with E-state index in [1.54, 1.807) is 20.8 Å². The Morgan fingerprint density at radius 1 is 1.11 bits per heavy atom. The number of rotatable bonds is 10. The first-order valence-electron chi connectivity index (χ1n) is 11.9. The first-order valence-corrected chi connectivity index (χ1v) is 11.9. The third-order valence-electron chi connectivity index (χ3n) is 5.81. The number of nitrogens with one attached hydrogen (secondary N) is 2. The van der Waals surface area contributed by atoms with Crippen LogP contribution < -0.4 is 10.6 Å². The molecule has 0 spiro atoms. The first kappa shape index (κ1) is 28.0. The van der Waals surface area contributed by atoms with Crippen molar-refractivity contribution in [3.05, 3.63) is 35.9 Å². The maximum atomic E-state index is 13.2. The first-order chi connectivity index (χ1) is 16.3. The van der Waals surface area contributed by atoms with E-state index in [2.05, 4.69) is 10.6 Å². The van der Waals surface area contributed by atoms with Crippen molar-refractivity contribution in [3.63, 3.8) is 0 Å². The number of alkyl carbamates (subject to hydrolysis) is 1. The summed E-state index contributed by atoms with van der Waals surface area (Å²) in [4.78, 5) is 61.7. The van der Waals surface area contributed by atoms with Crippen LogP contribution in [0.2, 0.25) is 0 Å². The molecule has 1 saturated carbocycles. The van der Waals surface area contributed by atoms with Gasteiger partial charge in [-0.2, -0.15) is 0 Å². The fourth-order valence-electron chi connectivity index (χ4n) is 4.30. The molecule has 2 rings (SSSR count). The van der Waals surface area contributed by atoms with E-state index >= 15 is 0 Å². The standard InChI is InChI=1S/C26H36N2O7/c1-16-10-18(14-22(30)31)23(32)21(11-16)28-24(33)19(12-17-8-6-5-7-9-17)13-20(29)15-27-25(34)35-26(2,3)4/h5-9,16,18-19,21H,10-15H2,1-4H3,(H,27,34)(H,28,33)(H,30,31). The number of hydrogen-bond donors (Lipinski definition) is 3. The Morgan fingerprint density at radius 2 is 1.77 bits per heavy atom. The third-order valence-corrected chi connectivity index (χ3v) is 5.81. The summed E-state index contributed by atoms with van der Waals surface area (Å²) in [6.07, 6.45) is 0.0526. The molecule has 1 aromatic carbocycles. The summed E-state index contributed by atoms with van der Waals surface area (Å²) in [5.41, 5.74) is 0.151. The molecule has 1 aliphatic carbocycles. The van der Waals surface area contributed by atoms with Crippen LogP contribution in [0, 0.1) is 17.8 Å². The number of carboxylic acid groups (broad SMARTS) is 1. The van der Waals surface area contributed by atoms with Crippen molar-refractivity contribution in [1.82, 2.24) is 10.6 Å². The van der Waals surface area contributed by atoms with E-state index in [1.165, 1.54) is 0 Å². The zero-order valence-corrected chi connectivity index (χ0v) is 20.8. The van der Waals surface area contributed by atoms with E-state index < -0.39 is 41.4 Å². The molecular weight excluding hydrogens is 452 g/mol. The molecule has 9 heteroatoms. The third kappa shape index (κ3) is 9.88. The Balaban J connectivity index is 2.07. The van der Waals surface area contributed by atoms with E-state index in [9.17, 15) is 24.0 Å². The van der Waals surface area contributed by atoms with Gasteiger partial charge in [0.2, 0.25) is 5.91 Å². The van der Waals surface area contributed by atoms with Gasteiger partial charge in [-0.05, 0) is 51.5 Å². The zero-order chi connectivity index (χ0) is 26.2. The second kappa shape index (κ2) is 12.5. The smallest absolute Gasteiger partial charge is 0.408 e. The largest absolute Gasteiger partial charge is 0.481 e. The summed E-state index contributed by atoms with van der Waals surface area (Å²) in [7, 11) is 0. The van der Waals surface area contributed by atoms with Crippen LogP contribution >= 0.6 is 0 Å². The fourth-order valence-corrected chi connectivity index (χ4v) is 4.30. The number of carbonyl (C=O) groups is 5. The molecule has 192 valence electrons. The Morgan fingerprint density at radius 3 is 2.37 bits per heavy atom. The van der Waals surface area contributed by atoms with Crippen LogP contribution in [0.25, 0.3) is 0 Å². The molecule has 4 atom stereocenters. The lowest BCUT2D eigenvalue weighted by Crippen LogP contribution is -2.50. The molecule has 1 aliphatic rings. The number of ether oxygens (including phenoxy) is 1. The molecule has 1 aromatic rings. The molecule has 4 unspecified atom stereocenters. The highest BCUT2D eigenvalue weighted by molar-refractivity contribution is 5.95. The summed E-state index contributed by atoms with van der Waals surface area (Å²) < 4.78 is 5.14. The normalized spacial score (nSPS) is 21.0. The van der Waals surface area contributed by atoms with Gasteiger partial charge >= 0.3 is 12.1 Å². The van der Waals surface area contributed by atoms with Crippen LogP contribution in [0.5, 0.6) is 0 Å². The lowest BCUT2D eigenvalue weighted by Gasteiger charge is -2.32. The van der Waals surface area contributed by atoms with Crippen molar-refractivity contribution < 1.29 is 33.8 Å². The molecule has 0 radical (unpaired) electrons. The number of ketones is 2. The minimum absolute atomic E-state index is 0.0783. The molecule has 3 N–H and O–H groups in total. The predicted molar refractivity (Wildman–Crippen MR) is 129 cm³/mol. The number of Topliss-reactive ketones (excluding diaryl/α,β-unsaturated/α-hetero) is 2. The molecule has 0 heterocycles. The second-order valence-electron chi connectivity index (χ2n) is 10.3. The van der Waals surface area contributed by atoms with Crippen molar-refractivity contribution in [3.8, 4) is 0 Å². The number of carboxylic acids is 1. The molecule has 9 nitrogen and oxygen atoms in total. The van der Waals surface area contributed by atoms with Gasteiger partial charge in [0.1, 0.15) is 5.60 Å².